The van der Waals surface area contributed by atoms with Gasteiger partial charge < -0.3 is 20.1 Å². The number of phenols is 1. The minimum absolute atomic E-state index is 0.0175. The zero-order valence-electron chi connectivity index (χ0n) is 15.4. The molecule has 0 aromatic heterocycles. The summed E-state index contributed by atoms with van der Waals surface area (Å²) in [6.45, 7) is 1.75. The number of hydrogen-bond acceptors (Lipinski definition) is 7. The molecule has 1 aliphatic heterocycles. The highest BCUT2D eigenvalue weighted by Gasteiger charge is 2.22. The van der Waals surface area contributed by atoms with E-state index >= 15 is 0 Å². The summed E-state index contributed by atoms with van der Waals surface area (Å²) in [5.41, 5.74) is 1.54. The lowest BCUT2D eigenvalue weighted by Gasteiger charge is -2.30. The van der Waals surface area contributed by atoms with Crippen LogP contribution in [0.5, 0.6) is 11.5 Å². The molecule has 2 aromatic rings. The number of amides is 1. The van der Waals surface area contributed by atoms with Crippen molar-refractivity contribution in [3.05, 3.63) is 57.6 Å². The molecule has 0 bridgehead atoms. The lowest BCUT2D eigenvalue weighted by molar-refractivity contribution is -0.384. The summed E-state index contributed by atoms with van der Waals surface area (Å²) in [5, 5.41) is 23.8. The van der Waals surface area contributed by atoms with E-state index in [4.69, 9.17) is 4.74 Å². The molecule has 0 radical (unpaired) electrons. The highest BCUT2D eigenvalue weighted by molar-refractivity contribution is 7.99. The van der Waals surface area contributed by atoms with Crippen molar-refractivity contribution in [3.8, 4) is 11.5 Å². The maximum Gasteiger partial charge on any atom is 0.270 e. The van der Waals surface area contributed by atoms with Crippen LogP contribution >= 0.6 is 11.8 Å². The number of non-ortho nitro benzene ring substituents is 1. The number of benzene rings is 2. The Kier molecular flexibility index (Phi) is 6.25. The first-order valence-electron chi connectivity index (χ1n) is 8.75. The molecule has 1 amide bonds. The van der Waals surface area contributed by atoms with E-state index in [0.29, 0.717) is 17.0 Å². The zero-order valence-corrected chi connectivity index (χ0v) is 16.2. The number of phenolic OH excluding ortho intramolecular Hbond substituents is 1. The molecule has 1 heterocycles. The summed E-state index contributed by atoms with van der Waals surface area (Å²) < 4.78 is 5.00. The molecule has 0 unspecified atom stereocenters. The van der Waals surface area contributed by atoms with E-state index in [-0.39, 0.29) is 23.5 Å². The van der Waals surface area contributed by atoms with Gasteiger partial charge in [-0.3, -0.25) is 14.9 Å². The van der Waals surface area contributed by atoms with Gasteiger partial charge in [-0.15, -0.1) is 0 Å². The predicted molar refractivity (Wildman–Crippen MR) is 108 cm³/mol. The van der Waals surface area contributed by atoms with E-state index in [1.54, 1.807) is 18.2 Å². The van der Waals surface area contributed by atoms with Gasteiger partial charge in [0.25, 0.3) is 11.6 Å². The molecule has 1 aliphatic rings. The monoisotopic (exact) mass is 403 g/mol. The summed E-state index contributed by atoms with van der Waals surface area (Å²) in [4.78, 5) is 25.5. The Balaban J connectivity index is 1.81. The SMILES string of the molecule is COc1ccc(CNC(=O)c2cc([N+](=O)[O-])ccc2N2CCSCC2)cc1O. The zero-order chi connectivity index (χ0) is 20.1. The van der Waals surface area contributed by atoms with E-state index in [2.05, 4.69) is 10.2 Å². The van der Waals surface area contributed by atoms with E-state index < -0.39 is 10.8 Å². The molecule has 1 fully saturated rings. The molecule has 8 nitrogen and oxygen atoms in total. The molecule has 28 heavy (non-hydrogen) atoms. The Hall–Kier alpha value is -2.94. The minimum atomic E-state index is -0.506. The van der Waals surface area contributed by atoms with Crippen molar-refractivity contribution >= 4 is 29.0 Å². The molecule has 9 heteroatoms. The smallest absolute Gasteiger partial charge is 0.270 e. The van der Waals surface area contributed by atoms with E-state index in [9.17, 15) is 20.0 Å². The van der Waals surface area contributed by atoms with Gasteiger partial charge >= 0.3 is 0 Å². The fourth-order valence-corrected chi connectivity index (χ4v) is 3.93. The van der Waals surface area contributed by atoms with Crippen molar-refractivity contribution in [3.63, 3.8) is 0 Å². The lowest BCUT2D eigenvalue weighted by atomic mass is 10.1. The highest BCUT2D eigenvalue weighted by Crippen LogP contribution is 2.29. The minimum Gasteiger partial charge on any atom is -0.504 e. The Morgan fingerprint density at radius 3 is 2.68 bits per heavy atom. The summed E-state index contributed by atoms with van der Waals surface area (Å²) >= 11 is 1.84. The van der Waals surface area contributed by atoms with Crippen molar-refractivity contribution in [1.82, 2.24) is 5.32 Å². The van der Waals surface area contributed by atoms with Crippen LogP contribution in [0.4, 0.5) is 11.4 Å². The predicted octanol–water partition coefficient (Wildman–Crippen LogP) is 2.79. The summed E-state index contributed by atoms with van der Waals surface area (Å²) in [6.07, 6.45) is 0. The number of hydrogen-bond donors (Lipinski definition) is 2. The van der Waals surface area contributed by atoms with Gasteiger partial charge in [0.1, 0.15) is 0 Å². The molecule has 0 aliphatic carbocycles. The van der Waals surface area contributed by atoms with Crippen LogP contribution in [0.25, 0.3) is 0 Å². The van der Waals surface area contributed by atoms with Crippen LogP contribution in [-0.4, -0.2) is 47.6 Å². The number of ether oxygens (including phenoxy) is 1. The van der Waals surface area contributed by atoms with Gasteiger partial charge in [0.05, 0.1) is 23.3 Å². The molecular formula is C19H21N3O5S. The number of nitro groups is 1. The summed E-state index contributed by atoms with van der Waals surface area (Å²) in [7, 11) is 1.46. The number of nitro benzene ring substituents is 1. The molecule has 0 spiro atoms. The second kappa shape index (κ2) is 8.83. The maximum absolute atomic E-state index is 12.8. The van der Waals surface area contributed by atoms with Crippen LogP contribution in [-0.2, 0) is 6.54 Å². The molecule has 0 atom stereocenters. The van der Waals surface area contributed by atoms with Gasteiger partial charge in [-0.2, -0.15) is 11.8 Å². The second-order valence-electron chi connectivity index (χ2n) is 6.25. The van der Waals surface area contributed by atoms with Gasteiger partial charge in [-0.1, -0.05) is 6.07 Å². The third-order valence-corrected chi connectivity index (χ3v) is 5.43. The fourth-order valence-electron chi connectivity index (χ4n) is 3.02. The number of nitrogens with one attached hydrogen (secondary N) is 1. The first kappa shape index (κ1) is 19.8. The number of carbonyl (C=O) groups excluding carboxylic acids is 1. The average molecular weight is 403 g/mol. The van der Waals surface area contributed by atoms with E-state index in [1.165, 1.54) is 25.3 Å². The second-order valence-corrected chi connectivity index (χ2v) is 7.47. The fraction of sp³-hybridized carbons (Fsp3) is 0.316. The van der Waals surface area contributed by atoms with Crippen LogP contribution in [0.15, 0.2) is 36.4 Å². The van der Waals surface area contributed by atoms with Gasteiger partial charge in [-0.05, 0) is 23.8 Å². The average Bonchev–Trinajstić information content (AvgIpc) is 2.72. The Bertz CT molecular complexity index is 884. The van der Waals surface area contributed by atoms with E-state index in [0.717, 1.165) is 24.6 Å². The largest absolute Gasteiger partial charge is 0.504 e. The number of aromatic hydroxyl groups is 1. The molecule has 148 valence electrons. The van der Waals surface area contributed by atoms with Crippen molar-refractivity contribution in [2.24, 2.45) is 0 Å². The quantitative estimate of drug-likeness (QED) is 0.564. The first-order valence-corrected chi connectivity index (χ1v) is 9.90. The maximum atomic E-state index is 12.8. The van der Waals surface area contributed by atoms with Crippen molar-refractivity contribution in [2.75, 3.05) is 36.6 Å². The third-order valence-electron chi connectivity index (χ3n) is 4.48. The van der Waals surface area contributed by atoms with Gasteiger partial charge in [0.2, 0.25) is 0 Å². The number of anilines is 1. The highest BCUT2D eigenvalue weighted by atomic mass is 32.2. The Morgan fingerprint density at radius 2 is 2.04 bits per heavy atom. The number of carbonyl (C=O) groups is 1. The number of methoxy groups -OCH3 is 1. The van der Waals surface area contributed by atoms with Crippen molar-refractivity contribution in [1.29, 1.82) is 0 Å². The Morgan fingerprint density at radius 1 is 1.29 bits per heavy atom. The normalized spacial score (nSPS) is 13.8. The van der Waals surface area contributed by atoms with Crippen LogP contribution in [0.3, 0.4) is 0 Å². The lowest BCUT2D eigenvalue weighted by Crippen LogP contribution is -2.35. The van der Waals surface area contributed by atoms with Crippen LogP contribution in [0, 0.1) is 10.1 Å². The van der Waals surface area contributed by atoms with Gasteiger partial charge in [-0.25, -0.2) is 0 Å². The van der Waals surface area contributed by atoms with Gasteiger partial charge in [0, 0.05) is 43.3 Å². The first-order chi connectivity index (χ1) is 13.5. The summed E-state index contributed by atoms with van der Waals surface area (Å²) in [5.74, 6) is 1.83. The molecule has 3 rings (SSSR count). The molecule has 2 aromatic carbocycles. The number of rotatable bonds is 6. The standard InChI is InChI=1S/C19H21N3O5S/c1-27-18-5-2-13(10-17(18)23)12-20-19(24)15-11-14(22(25)26)3-4-16(15)21-6-8-28-9-7-21/h2-5,10-11,23H,6-9,12H2,1H3,(H,20,24). The molecule has 2 N–H and O–H groups in total. The van der Waals surface area contributed by atoms with Crippen molar-refractivity contribution < 1.29 is 19.6 Å². The molecule has 0 saturated carbocycles. The third kappa shape index (κ3) is 4.48. The molecular weight excluding hydrogens is 382 g/mol. The Labute approximate surface area is 166 Å². The topological polar surface area (TPSA) is 105 Å². The van der Waals surface area contributed by atoms with Crippen molar-refractivity contribution in [2.45, 2.75) is 6.54 Å². The van der Waals surface area contributed by atoms with Crippen LogP contribution < -0.4 is 15.0 Å². The number of thioether (sulfide) groups is 1. The van der Waals surface area contributed by atoms with E-state index in [1.807, 2.05) is 11.8 Å². The van der Waals surface area contributed by atoms with Crippen LogP contribution in [0.1, 0.15) is 15.9 Å². The summed E-state index contributed by atoms with van der Waals surface area (Å²) in [6, 6.07) is 9.24. The van der Waals surface area contributed by atoms with Gasteiger partial charge in [0.15, 0.2) is 11.5 Å². The van der Waals surface area contributed by atoms with Crippen LogP contribution in [0.2, 0.25) is 0 Å². The molecule has 1 saturated heterocycles. The number of nitrogens with zero attached hydrogens (tertiary/aromatic N) is 2.